The van der Waals surface area contributed by atoms with Crippen LogP contribution in [0.25, 0.3) is 77.9 Å². The summed E-state index contributed by atoms with van der Waals surface area (Å²) >= 11 is 0. The van der Waals surface area contributed by atoms with Crippen LogP contribution < -0.4 is 4.90 Å². The number of hydrogen-bond acceptors (Lipinski definition) is 1. The maximum absolute atomic E-state index is 2.40. The van der Waals surface area contributed by atoms with Crippen molar-refractivity contribution < 1.29 is 0 Å². The van der Waals surface area contributed by atoms with E-state index in [0.717, 1.165) is 22.6 Å². The Morgan fingerprint density at radius 1 is 0.164 bits per heavy atom. The molecule has 0 spiro atoms. The van der Waals surface area contributed by atoms with Crippen LogP contribution in [-0.4, -0.2) is 0 Å². The van der Waals surface area contributed by atoms with E-state index in [1.165, 1.54) is 72.3 Å². The molecule has 0 atom stereocenters. The first-order valence-corrected chi connectivity index (χ1v) is 20.9. The third-order valence-corrected chi connectivity index (χ3v) is 11.6. The quantitative estimate of drug-likeness (QED) is 0.134. The Balaban J connectivity index is 1.06. The zero-order valence-electron chi connectivity index (χ0n) is 33.8. The van der Waals surface area contributed by atoms with Crippen LogP contribution in [0.4, 0.5) is 17.1 Å². The molecule has 0 fully saturated rings. The summed E-state index contributed by atoms with van der Waals surface area (Å²) in [5.41, 5.74) is 20.0. The lowest BCUT2D eigenvalue weighted by Crippen LogP contribution is -2.11. The normalized spacial score (nSPS) is 11.0. The lowest BCUT2D eigenvalue weighted by atomic mass is 9.88. The van der Waals surface area contributed by atoms with Crippen molar-refractivity contribution in [2.45, 2.75) is 0 Å². The van der Waals surface area contributed by atoms with Gasteiger partial charge in [-0.25, -0.2) is 0 Å². The lowest BCUT2D eigenvalue weighted by Gasteiger charge is -2.29. The van der Waals surface area contributed by atoms with Gasteiger partial charge in [-0.1, -0.05) is 231 Å². The molecule has 0 aliphatic carbocycles. The summed E-state index contributed by atoms with van der Waals surface area (Å²) < 4.78 is 0. The van der Waals surface area contributed by atoms with Crippen LogP contribution in [0, 0.1) is 0 Å². The highest BCUT2D eigenvalue weighted by Crippen LogP contribution is 2.46. The number of nitrogens with zero attached hydrogens (tertiary/aromatic N) is 1. The number of benzene rings is 10. The van der Waals surface area contributed by atoms with Gasteiger partial charge >= 0.3 is 0 Å². The average molecular weight is 778 g/mol. The van der Waals surface area contributed by atoms with Crippen LogP contribution in [0.2, 0.25) is 0 Å². The molecule has 288 valence electrons. The van der Waals surface area contributed by atoms with E-state index in [1.807, 2.05) is 0 Å². The Labute approximate surface area is 359 Å². The third kappa shape index (κ3) is 7.81. The molecule has 1 heteroatoms. The highest BCUT2D eigenvalue weighted by molar-refractivity contribution is 5.97. The van der Waals surface area contributed by atoms with Gasteiger partial charge in [-0.05, 0) is 103 Å². The minimum atomic E-state index is 1.08. The summed E-state index contributed by atoms with van der Waals surface area (Å²) in [4.78, 5) is 2.40. The van der Waals surface area contributed by atoms with Crippen LogP contribution in [0.1, 0.15) is 0 Å². The SMILES string of the molecule is c1ccc(-c2ccc(-c3ccc(N(c4ccc(-c5ccccc5)cc4)c4ccccc4-c4ccccc4-c4ccccc4-c4ccc(-c5ccccc5)cc4)cc3)cc2)cc1. The van der Waals surface area contributed by atoms with Crippen LogP contribution in [0.5, 0.6) is 0 Å². The maximum Gasteiger partial charge on any atom is 0.0540 e. The van der Waals surface area contributed by atoms with E-state index < -0.39 is 0 Å². The molecule has 0 bridgehead atoms. The van der Waals surface area contributed by atoms with Crippen LogP contribution >= 0.6 is 0 Å². The minimum absolute atomic E-state index is 1.08. The standard InChI is InChI=1S/C60H43N/c1-4-16-44(17-5-1)47-28-30-49(31-29-47)51-38-42-54(43-39-51)61(53-40-36-50(37-41-53)46-20-8-3-9-21-46)60-27-15-14-26-59(60)58-25-13-12-24-57(58)56-23-11-10-22-55(56)52-34-32-48(33-35-52)45-18-6-2-7-19-45/h1-43H. The molecule has 0 N–H and O–H groups in total. The van der Waals surface area contributed by atoms with E-state index in [2.05, 4.69) is 266 Å². The average Bonchev–Trinajstić information content (AvgIpc) is 3.36. The first-order chi connectivity index (χ1) is 30.3. The fraction of sp³-hybridized carbons (Fsp3) is 0. The fourth-order valence-corrected chi connectivity index (χ4v) is 8.44. The lowest BCUT2D eigenvalue weighted by molar-refractivity contribution is 1.28. The van der Waals surface area contributed by atoms with Crippen molar-refractivity contribution in [2.24, 2.45) is 0 Å². The Hall–Kier alpha value is -8.00. The van der Waals surface area contributed by atoms with Gasteiger partial charge in [0.25, 0.3) is 0 Å². The van der Waals surface area contributed by atoms with Gasteiger partial charge in [0.1, 0.15) is 0 Å². The maximum atomic E-state index is 2.40. The molecule has 1 nitrogen and oxygen atoms in total. The highest BCUT2D eigenvalue weighted by atomic mass is 15.1. The summed E-state index contributed by atoms with van der Waals surface area (Å²) in [5.74, 6) is 0. The number of para-hydroxylation sites is 1. The molecule has 0 saturated carbocycles. The second-order valence-corrected chi connectivity index (χ2v) is 15.3. The Bertz CT molecular complexity index is 3010. The number of rotatable bonds is 10. The van der Waals surface area contributed by atoms with Crippen molar-refractivity contribution in [3.63, 3.8) is 0 Å². The topological polar surface area (TPSA) is 3.24 Å². The molecule has 0 aliphatic rings. The molecule has 10 aromatic carbocycles. The van der Waals surface area contributed by atoms with E-state index in [9.17, 15) is 0 Å². The second kappa shape index (κ2) is 17.1. The largest absolute Gasteiger partial charge is 0.310 e. The van der Waals surface area contributed by atoms with Gasteiger partial charge in [0.2, 0.25) is 0 Å². The van der Waals surface area contributed by atoms with Gasteiger partial charge in [-0.3, -0.25) is 0 Å². The molecule has 0 heterocycles. The van der Waals surface area contributed by atoms with E-state index in [-0.39, 0.29) is 0 Å². The van der Waals surface area contributed by atoms with Crippen molar-refractivity contribution in [1.29, 1.82) is 0 Å². The zero-order valence-corrected chi connectivity index (χ0v) is 33.8. The first-order valence-electron chi connectivity index (χ1n) is 20.9. The van der Waals surface area contributed by atoms with Gasteiger partial charge in [-0.15, -0.1) is 0 Å². The third-order valence-electron chi connectivity index (χ3n) is 11.6. The molecule has 10 aromatic rings. The predicted molar refractivity (Wildman–Crippen MR) is 259 cm³/mol. The molecule has 0 saturated heterocycles. The summed E-state index contributed by atoms with van der Waals surface area (Å²) in [5, 5.41) is 0. The van der Waals surface area contributed by atoms with Crippen LogP contribution in [0.3, 0.4) is 0 Å². The summed E-state index contributed by atoms with van der Waals surface area (Å²) in [7, 11) is 0. The van der Waals surface area contributed by atoms with Crippen molar-refractivity contribution in [1.82, 2.24) is 0 Å². The summed E-state index contributed by atoms with van der Waals surface area (Å²) in [6.45, 7) is 0. The van der Waals surface area contributed by atoms with Crippen molar-refractivity contribution in [3.8, 4) is 77.9 Å². The number of hydrogen-bond donors (Lipinski definition) is 0. The van der Waals surface area contributed by atoms with Crippen LogP contribution in [-0.2, 0) is 0 Å². The van der Waals surface area contributed by atoms with E-state index >= 15 is 0 Å². The number of anilines is 3. The Morgan fingerprint density at radius 3 is 0.803 bits per heavy atom. The van der Waals surface area contributed by atoms with Gasteiger partial charge in [0.05, 0.1) is 5.69 Å². The van der Waals surface area contributed by atoms with Crippen molar-refractivity contribution in [3.05, 3.63) is 261 Å². The predicted octanol–water partition coefficient (Wildman–Crippen LogP) is 16.8. The minimum Gasteiger partial charge on any atom is -0.310 e. The van der Waals surface area contributed by atoms with E-state index in [4.69, 9.17) is 0 Å². The summed E-state index contributed by atoms with van der Waals surface area (Å²) in [6.07, 6.45) is 0. The molecule has 10 rings (SSSR count). The zero-order chi connectivity index (χ0) is 40.8. The summed E-state index contributed by atoms with van der Waals surface area (Å²) in [6, 6.07) is 93.9. The molecular weight excluding hydrogens is 735 g/mol. The van der Waals surface area contributed by atoms with Crippen molar-refractivity contribution in [2.75, 3.05) is 4.90 Å². The Kier molecular flexibility index (Phi) is 10.4. The van der Waals surface area contributed by atoms with E-state index in [1.54, 1.807) is 0 Å². The second-order valence-electron chi connectivity index (χ2n) is 15.3. The molecule has 0 amide bonds. The van der Waals surface area contributed by atoms with Crippen LogP contribution in [0.15, 0.2) is 261 Å². The van der Waals surface area contributed by atoms with Gasteiger partial charge < -0.3 is 4.90 Å². The first kappa shape index (κ1) is 37.3. The van der Waals surface area contributed by atoms with Gasteiger partial charge in [0, 0.05) is 16.9 Å². The highest BCUT2D eigenvalue weighted by Gasteiger charge is 2.20. The molecule has 0 radical (unpaired) electrons. The van der Waals surface area contributed by atoms with Gasteiger partial charge in [-0.2, -0.15) is 0 Å². The van der Waals surface area contributed by atoms with E-state index in [0.29, 0.717) is 0 Å². The smallest absolute Gasteiger partial charge is 0.0540 e. The van der Waals surface area contributed by atoms with Crippen molar-refractivity contribution >= 4 is 17.1 Å². The molecule has 0 aliphatic heterocycles. The fourth-order valence-electron chi connectivity index (χ4n) is 8.44. The molecular formula is C60H43N. The Morgan fingerprint density at radius 2 is 0.410 bits per heavy atom. The molecule has 61 heavy (non-hydrogen) atoms. The molecule has 0 aromatic heterocycles. The van der Waals surface area contributed by atoms with Gasteiger partial charge in [0.15, 0.2) is 0 Å². The molecule has 0 unspecified atom stereocenters. The monoisotopic (exact) mass is 777 g/mol.